The summed E-state index contributed by atoms with van der Waals surface area (Å²) in [4.78, 5) is 17.4. The van der Waals surface area contributed by atoms with Gasteiger partial charge in [0.1, 0.15) is 11.6 Å². The molecule has 0 radical (unpaired) electrons. The molecule has 2 aromatic heterocycles. The number of hydrogen-bond acceptors (Lipinski definition) is 6. The van der Waals surface area contributed by atoms with Gasteiger partial charge in [-0.3, -0.25) is 4.99 Å². The molecule has 0 spiro atoms. The van der Waals surface area contributed by atoms with Gasteiger partial charge in [-0.05, 0) is 17.7 Å². The smallest absolute Gasteiger partial charge is 0.205 e. The number of nitrogens with zero attached hydrogens (tertiary/aromatic N) is 7. The molecule has 0 atom stereocenters. The molecule has 31 heavy (non-hydrogen) atoms. The van der Waals surface area contributed by atoms with Crippen LogP contribution < -0.4 is 10.2 Å². The number of aliphatic imine (C=N–C) groups is 1. The Morgan fingerprint density at radius 3 is 2.68 bits per heavy atom. The standard InChI is InChI=1S/C20H25FN8S.HI/c1-3-18-25-20(30-26-18)28-10-8-27(9-11-28)19(22-2)24-13-15-4-5-17(16(21)12-15)29-7-6-23-14-29;/h4-7,12,14H,3,8-11,13H2,1-2H3,(H,22,24);1H. The van der Waals surface area contributed by atoms with Crippen molar-refractivity contribution in [3.05, 3.63) is 54.1 Å². The highest BCUT2D eigenvalue weighted by molar-refractivity contribution is 14.0. The highest BCUT2D eigenvalue weighted by Gasteiger charge is 2.22. The van der Waals surface area contributed by atoms with Crippen molar-refractivity contribution in [3.63, 3.8) is 0 Å². The fraction of sp³-hybridized carbons (Fsp3) is 0.400. The first-order chi connectivity index (χ1) is 14.7. The van der Waals surface area contributed by atoms with Gasteiger partial charge in [-0.2, -0.15) is 4.37 Å². The Labute approximate surface area is 202 Å². The monoisotopic (exact) mass is 556 g/mol. The summed E-state index contributed by atoms with van der Waals surface area (Å²) in [5.74, 6) is 1.45. The van der Waals surface area contributed by atoms with Gasteiger partial charge in [-0.15, -0.1) is 24.0 Å². The molecule has 11 heteroatoms. The summed E-state index contributed by atoms with van der Waals surface area (Å²) in [7, 11) is 1.77. The van der Waals surface area contributed by atoms with E-state index in [9.17, 15) is 4.39 Å². The van der Waals surface area contributed by atoms with Crippen LogP contribution in [-0.4, -0.2) is 63.0 Å². The van der Waals surface area contributed by atoms with Crippen LogP contribution in [0.25, 0.3) is 5.69 Å². The number of guanidine groups is 1. The van der Waals surface area contributed by atoms with E-state index in [-0.39, 0.29) is 29.8 Å². The highest BCUT2D eigenvalue weighted by Crippen LogP contribution is 2.19. The SMILES string of the molecule is CCc1nsc(N2CCN(C(=NC)NCc3ccc(-n4ccnc4)c(F)c3)CC2)n1.I. The summed E-state index contributed by atoms with van der Waals surface area (Å²) in [6.07, 6.45) is 5.80. The zero-order valence-corrected chi connectivity index (χ0v) is 20.7. The molecule has 166 valence electrons. The van der Waals surface area contributed by atoms with Crippen LogP contribution in [0.4, 0.5) is 9.52 Å². The minimum absolute atomic E-state index is 0. The topological polar surface area (TPSA) is 74.5 Å². The van der Waals surface area contributed by atoms with Gasteiger partial charge in [0, 0.05) is 70.1 Å². The molecule has 3 aromatic rings. The van der Waals surface area contributed by atoms with E-state index in [1.807, 2.05) is 6.07 Å². The molecule has 4 rings (SSSR count). The Bertz CT molecular complexity index is 999. The van der Waals surface area contributed by atoms with Crippen LogP contribution in [0.1, 0.15) is 18.3 Å². The van der Waals surface area contributed by atoms with Crippen molar-refractivity contribution in [1.29, 1.82) is 0 Å². The Morgan fingerprint density at radius 1 is 1.26 bits per heavy atom. The molecule has 0 unspecified atom stereocenters. The van der Waals surface area contributed by atoms with Gasteiger partial charge in [0.25, 0.3) is 0 Å². The van der Waals surface area contributed by atoms with Crippen LogP contribution in [0.3, 0.4) is 0 Å². The Morgan fingerprint density at radius 2 is 2.06 bits per heavy atom. The zero-order chi connectivity index (χ0) is 20.9. The minimum atomic E-state index is -0.278. The largest absolute Gasteiger partial charge is 0.352 e. The van der Waals surface area contributed by atoms with E-state index < -0.39 is 0 Å². The summed E-state index contributed by atoms with van der Waals surface area (Å²) < 4.78 is 20.5. The van der Waals surface area contributed by atoms with Crippen LogP contribution >= 0.6 is 35.5 Å². The summed E-state index contributed by atoms with van der Waals surface area (Å²) >= 11 is 1.46. The molecule has 1 aliphatic rings. The summed E-state index contributed by atoms with van der Waals surface area (Å²) in [6.45, 7) is 5.99. The molecule has 0 bridgehead atoms. The molecular weight excluding hydrogens is 530 g/mol. The number of aromatic nitrogens is 4. The first-order valence-corrected chi connectivity index (χ1v) is 10.7. The number of piperazine rings is 1. The number of imidazole rings is 1. The van der Waals surface area contributed by atoms with Gasteiger partial charge in [-0.1, -0.05) is 13.0 Å². The van der Waals surface area contributed by atoms with Crippen LogP contribution in [0.15, 0.2) is 41.9 Å². The van der Waals surface area contributed by atoms with Crippen molar-refractivity contribution in [2.24, 2.45) is 4.99 Å². The van der Waals surface area contributed by atoms with Crippen LogP contribution in [0.2, 0.25) is 0 Å². The van der Waals surface area contributed by atoms with E-state index in [1.165, 1.54) is 11.5 Å². The van der Waals surface area contributed by atoms with Crippen molar-refractivity contribution in [2.45, 2.75) is 19.9 Å². The lowest BCUT2D eigenvalue weighted by Crippen LogP contribution is -2.52. The second-order valence-corrected chi connectivity index (χ2v) is 7.71. The molecular formula is C20H26FIN8S. The predicted molar refractivity (Wildman–Crippen MR) is 132 cm³/mol. The maximum atomic E-state index is 14.5. The molecule has 1 aliphatic heterocycles. The van der Waals surface area contributed by atoms with Gasteiger partial charge in [0.05, 0.1) is 12.0 Å². The number of anilines is 1. The fourth-order valence-electron chi connectivity index (χ4n) is 3.41. The molecule has 1 fully saturated rings. The maximum absolute atomic E-state index is 14.5. The van der Waals surface area contributed by atoms with Crippen LogP contribution in [0, 0.1) is 5.82 Å². The number of rotatable bonds is 5. The highest BCUT2D eigenvalue weighted by atomic mass is 127. The second-order valence-electron chi connectivity index (χ2n) is 6.98. The first-order valence-electron chi connectivity index (χ1n) is 9.97. The maximum Gasteiger partial charge on any atom is 0.205 e. The molecule has 0 aliphatic carbocycles. The lowest BCUT2D eigenvalue weighted by molar-refractivity contribution is 0.372. The number of benzene rings is 1. The van der Waals surface area contributed by atoms with Crippen molar-refractivity contribution < 1.29 is 4.39 Å². The number of nitrogens with one attached hydrogen (secondary N) is 1. The quantitative estimate of drug-likeness (QED) is 0.296. The minimum Gasteiger partial charge on any atom is -0.352 e. The van der Waals surface area contributed by atoms with Gasteiger partial charge in [0.15, 0.2) is 5.96 Å². The molecule has 8 nitrogen and oxygen atoms in total. The van der Waals surface area contributed by atoms with E-state index in [0.29, 0.717) is 12.2 Å². The summed E-state index contributed by atoms with van der Waals surface area (Å²) in [6, 6.07) is 5.23. The van der Waals surface area contributed by atoms with Crippen molar-refractivity contribution in [2.75, 3.05) is 38.1 Å². The average molecular weight is 556 g/mol. The number of halogens is 2. The fourth-order valence-corrected chi connectivity index (χ4v) is 4.21. The van der Waals surface area contributed by atoms with E-state index in [0.717, 1.165) is 55.1 Å². The normalized spacial score (nSPS) is 14.5. The molecule has 0 amide bonds. The van der Waals surface area contributed by atoms with Gasteiger partial charge >= 0.3 is 0 Å². The average Bonchev–Trinajstić information content (AvgIpc) is 3.47. The first kappa shape index (κ1) is 23.4. The van der Waals surface area contributed by atoms with E-state index in [1.54, 1.807) is 42.5 Å². The van der Waals surface area contributed by atoms with Crippen LogP contribution in [0.5, 0.6) is 0 Å². The number of hydrogen-bond donors (Lipinski definition) is 1. The Hall–Kier alpha value is -2.28. The third kappa shape index (κ3) is 5.50. The van der Waals surface area contributed by atoms with Crippen molar-refractivity contribution in [3.8, 4) is 5.69 Å². The molecule has 0 saturated carbocycles. The lowest BCUT2D eigenvalue weighted by Gasteiger charge is -2.36. The zero-order valence-electron chi connectivity index (χ0n) is 17.5. The number of aryl methyl sites for hydroxylation is 1. The van der Waals surface area contributed by atoms with Gasteiger partial charge in [0.2, 0.25) is 5.13 Å². The Kier molecular flexibility index (Phi) is 8.18. The van der Waals surface area contributed by atoms with E-state index in [4.69, 9.17) is 0 Å². The summed E-state index contributed by atoms with van der Waals surface area (Å²) in [5.41, 5.74) is 1.34. The lowest BCUT2D eigenvalue weighted by atomic mass is 10.2. The predicted octanol–water partition coefficient (Wildman–Crippen LogP) is 2.94. The molecule has 1 aromatic carbocycles. The van der Waals surface area contributed by atoms with Gasteiger partial charge in [-0.25, -0.2) is 14.4 Å². The Balaban J connectivity index is 0.00000272. The van der Waals surface area contributed by atoms with Crippen molar-refractivity contribution in [1.82, 2.24) is 29.1 Å². The summed E-state index contributed by atoms with van der Waals surface area (Å²) in [5, 5.41) is 4.34. The third-order valence-corrected chi connectivity index (χ3v) is 5.90. The van der Waals surface area contributed by atoms with Gasteiger partial charge < -0.3 is 19.7 Å². The molecule has 3 heterocycles. The van der Waals surface area contributed by atoms with Crippen LogP contribution in [-0.2, 0) is 13.0 Å². The van der Waals surface area contributed by atoms with E-state index in [2.05, 4.69) is 41.4 Å². The van der Waals surface area contributed by atoms with E-state index >= 15 is 0 Å². The second kappa shape index (κ2) is 10.8. The molecule has 1 saturated heterocycles. The molecule has 1 N–H and O–H groups in total. The third-order valence-electron chi connectivity index (χ3n) is 5.08. The van der Waals surface area contributed by atoms with Crippen molar-refractivity contribution >= 4 is 46.6 Å².